The fourth-order valence-corrected chi connectivity index (χ4v) is 2.32. The Kier molecular flexibility index (Phi) is 2.96. The van der Waals surface area contributed by atoms with Gasteiger partial charge in [0.05, 0.1) is 11.0 Å². The number of nitrogens with one attached hydrogen (secondary N) is 2. The molecule has 1 aromatic heterocycles. The van der Waals surface area contributed by atoms with Gasteiger partial charge in [0.15, 0.2) is 0 Å². The Morgan fingerprint density at radius 3 is 2.94 bits per heavy atom. The Labute approximate surface area is 107 Å². The monoisotopic (exact) mass is 245 g/mol. The minimum absolute atomic E-state index is 0.439. The first kappa shape index (κ1) is 11.5. The number of H-pyrrole nitrogens is 1. The van der Waals surface area contributed by atoms with Crippen LogP contribution in [-0.2, 0) is 4.74 Å². The van der Waals surface area contributed by atoms with Crippen LogP contribution in [0.25, 0.3) is 11.0 Å². The van der Waals surface area contributed by atoms with E-state index in [2.05, 4.69) is 15.3 Å². The normalized spacial score (nSPS) is 16.9. The van der Waals surface area contributed by atoms with Crippen molar-refractivity contribution in [1.29, 1.82) is 0 Å². The molecule has 96 valence electrons. The molecule has 1 saturated carbocycles. The molecule has 3 rings (SSSR count). The van der Waals surface area contributed by atoms with Gasteiger partial charge < -0.3 is 15.0 Å². The van der Waals surface area contributed by atoms with Crippen molar-refractivity contribution in [3.05, 3.63) is 24.3 Å². The topological polar surface area (TPSA) is 49.9 Å². The number of aromatic amines is 1. The predicted molar refractivity (Wildman–Crippen MR) is 72.7 cm³/mol. The summed E-state index contributed by atoms with van der Waals surface area (Å²) in [7, 11) is 1.77. The lowest BCUT2D eigenvalue weighted by Crippen LogP contribution is -2.17. The Balaban J connectivity index is 1.63. The second-order valence-corrected chi connectivity index (χ2v) is 5.20. The maximum absolute atomic E-state index is 5.17. The molecule has 1 fully saturated rings. The third kappa shape index (κ3) is 2.34. The average molecular weight is 245 g/mol. The van der Waals surface area contributed by atoms with Gasteiger partial charge in [-0.25, -0.2) is 4.98 Å². The molecule has 2 aromatic rings. The van der Waals surface area contributed by atoms with Gasteiger partial charge in [-0.15, -0.1) is 0 Å². The molecule has 0 amide bonds. The number of hydrogen-bond donors (Lipinski definition) is 2. The summed E-state index contributed by atoms with van der Waals surface area (Å²) in [6.07, 6.45) is 3.73. The number of methoxy groups -OCH3 is 1. The van der Waals surface area contributed by atoms with Crippen molar-refractivity contribution in [3.8, 4) is 0 Å². The van der Waals surface area contributed by atoms with Crippen LogP contribution >= 0.6 is 0 Å². The smallest absolute Gasteiger partial charge is 0.201 e. The van der Waals surface area contributed by atoms with Crippen LogP contribution in [0.5, 0.6) is 0 Å². The largest absolute Gasteiger partial charge is 0.385 e. The molecule has 0 saturated heterocycles. The van der Waals surface area contributed by atoms with E-state index in [-0.39, 0.29) is 0 Å². The van der Waals surface area contributed by atoms with Crippen molar-refractivity contribution in [2.75, 3.05) is 25.6 Å². The lowest BCUT2D eigenvalue weighted by molar-refractivity contribution is 0.175. The molecule has 1 aromatic carbocycles. The number of nitrogens with zero attached hydrogens (tertiary/aromatic N) is 1. The Hall–Kier alpha value is -1.55. The lowest BCUT2D eigenvalue weighted by Gasteiger charge is -2.14. The lowest BCUT2D eigenvalue weighted by atomic mass is 10.0. The van der Waals surface area contributed by atoms with Crippen molar-refractivity contribution < 1.29 is 4.74 Å². The van der Waals surface area contributed by atoms with Gasteiger partial charge >= 0.3 is 0 Å². The van der Waals surface area contributed by atoms with E-state index >= 15 is 0 Å². The minimum atomic E-state index is 0.439. The first-order valence-electron chi connectivity index (χ1n) is 6.49. The van der Waals surface area contributed by atoms with Crippen LogP contribution in [0.3, 0.4) is 0 Å². The van der Waals surface area contributed by atoms with Gasteiger partial charge in [-0.1, -0.05) is 12.1 Å². The van der Waals surface area contributed by atoms with E-state index in [1.54, 1.807) is 7.11 Å². The number of aromatic nitrogens is 2. The zero-order valence-electron chi connectivity index (χ0n) is 10.7. The highest BCUT2D eigenvalue weighted by atomic mass is 16.5. The summed E-state index contributed by atoms with van der Waals surface area (Å²) in [6, 6.07) is 8.10. The summed E-state index contributed by atoms with van der Waals surface area (Å²) in [5.74, 6) is 0.875. The molecule has 1 aliphatic rings. The van der Waals surface area contributed by atoms with Crippen molar-refractivity contribution >= 4 is 17.0 Å². The highest BCUT2D eigenvalue weighted by Crippen LogP contribution is 2.48. The van der Waals surface area contributed by atoms with Gasteiger partial charge in [0.25, 0.3) is 0 Å². The highest BCUT2D eigenvalue weighted by molar-refractivity contribution is 5.77. The molecule has 1 heterocycles. The fourth-order valence-electron chi connectivity index (χ4n) is 2.32. The molecular weight excluding hydrogens is 226 g/mol. The second kappa shape index (κ2) is 4.61. The summed E-state index contributed by atoms with van der Waals surface area (Å²) in [6.45, 7) is 1.83. The first-order chi connectivity index (χ1) is 8.81. The van der Waals surface area contributed by atoms with Crippen molar-refractivity contribution in [3.63, 3.8) is 0 Å². The molecule has 0 aliphatic heterocycles. The van der Waals surface area contributed by atoms with E-state index in [0.29, 0.717) is 5.41 Å². The summed E-state index contributed by atoms with van der Waals surface area (Å²) >= 11 is 0. The van der Waals surface area contributed by atoms with Crippen LogP contribution in [0.4, 0.5) is 5.95 Å². The molecule has 1 aliphatic carbocycles. The molecule has 4 heteroatoms. The zero-order chi connectivity index (χ0) is 12.4. The van der Waals surface area contributed by atoms with Gasteiger partial charge in [0, 0.05) is 20.3 Å². The standard InChI is InChI=1S/C14H19N3O/c1-18-9-8-14(6-7-14)10-15-13-16-11-4-2-3-5-12(11)17-13/h2-5H,6-10H2,1H3,(H2,15,16,17). The van der Waals surface area contributed by atoms with Crippen LogP contribution < -0.4 is 5.32 Å². The van der Waals surface area contributed by atoms with Gasteiger partial charge in [-0.3, -0.25) is 0 Å². The van der Waals surface area contributed by atoms with Crippen molar-refractivity contribution in [1.82, 2.24) is 9.97 Å². The van der Waals surface area contributed by atoms with Crippen LogP contribution in [0, 0.1) is 5.41 Å². The Morgan fingerprint density at radius 2 is 2.22 bits per heavy atom. The summed E-state index contributed by atoms with van der Waals surface area (Å²) in [5.41, 5.74) is 2.54. The first-order valence-corrected chi connectivity index (χ1v) is 6.49. The molecule has 2 N–H and O–H groups in total. The molecule has 0 spiro atoms. The molecule has 18 heavy (non-hydrogen) atoms. The third-order valence-electron chi connectivity index (χ3n) is 3.81. The van der Waals surface area contributed by atoms with Crippen molar-refractivity contribution in [2.24, 2.45) is 5.41 Å². The molecule has 0 atom stereocenters. The van der Waals surface area contributed by atoms with E-state index < -0.39 is 0 Å². The number of anilines is 1. The number of ether oxygens (including phenoxy) is 1. The summed E-state index contributed by atoms with van der Waals surface area (Å²) < 4.78 is 5.17. The van der Waals surface area contributed by atoms with Gasteiger partial charge in [0.1, 0.15) is 0 Å². The molecule has 0 bridgehead atoms. The minimum Gasteiger partial charge on any atom is -0.385 e. The molecule has 0 radical (unpaired) electrons. The van der Waals surface area contributed by atoms with E-state index in [4.69, 9.17) is 4.74 Å². The Bertz CT molecular complexity index is 498. The second-order valence-electron chi connectivity index (χ2n) is 5.20. The Morgan fingerprint density at radius 1 is 1.39 bits per heavy atom. The molecular formula is C14H19N3O. The maximum atomic E-state index is 5.17. The van der Waals surface area contributed by atoms with E-state index in [0.717, 1.165) is 36.6 Å². The number of fused-ring (bicyclic) bond motifs is 1. The molecule has 4 nitrogen and oxygen atoms in total. The van der Waals surface area contributed by atoms with Gasteiger partial charge in [-0.2, -0.15) is 0 Å². The number of rotatable bonds is 6. The van der Waals surface area contributed by atoms with E-state index in [1.165, 1.54) is 12.8 Å². The number of benzene rings is 1. The number of imidazole rings is 1. The van der Waals surface area contributed by atoms with Crippen molar-refractivity contribution in [2.45, 2.75) is 19.3 Å². The predicted octanol–water partition coefficient (Wildman–Crippen LogP) is 2.79. The van der Waals surface area contributed by atoms with Crippen LogP contribution in [0.2, 0.25) is 0 Å². The fraction of sp³-hybridized carbons (Fsp3) is 0.500. The highest BCUT2D eigenvalue weighted by Gasteiger charge is 2.41. The van der Waals surface area contributed by atoms with Gasteiger partial charge in [0.2, 0.25) is 5.95 Å². The van der Waals surface area contributed by atoms with Gasteiger partial charge in [-0.05, 0) is 36.8 Å². The summed E-state index contributed by atoms with van der Waals surface area (Å²) in [5, 5.41) is 3.42. The third-order valence-corrected chi connectivity index (χ3v) is 3.81. The van der Waals surface area contributed by atoms with E-state index in [9.17, 15) is 0 Å². The average Bonchev–Trinajstić information content (AvgIpc) is 3.04. The maximum Gasteiger partial charge on any atom is 0.201 e. The quantitative estimate of drug-likeness (QED) is 0.822. The number of hydrogen-bond acceptors (Lipinski definition) is 3. The summed E-state index contributed by atoms with van der Waals surface area (Å²) in [4.78, 5) is 7.82. The van der Waals surface area contributed by atoms with Crippen LogP contribution in [0.1, 0.15) is 19.3 Å². The van der Waals surface area contributed by atoms with Crippen LogP contribution in [-0.4, -0.2) is 30.2 Å². The zero-order valence-corrected chi connectivity index (χ0v) is 10.7. The molecule has 0 unspecified atom stereocenters. The number of para-hydroxylation sites is 2. The SMILES string of the molecule is COCCC1(CNc2nc3ccccc3[nH]2)CC1. The van der Waals surface area contributed by atoms with E-state index in [1.807, 2.05) is 24.3 Å². The van der Waals surface area contributed by atoms with Crippen LogP contribution in [0.15, 0.2) is 24.3 Å².